The van der Waals surface area contributed by atoms with E-state index in [4.69, 9.17) is 11.5 Å². The molecule has 4 nitrogen and oxygen atoms in total. The molecule has 2 fully saturated rings. The molecule has 0 radical (unpaired) electrons. The van der Waals surface area contributed by atoms with Gasteiger partial charge in [-0.25, -0.2) is 0 Å². The Balaban J connectivity index is 1.92. The van der Waals surface area contributed by atoms with E-state index in [1.807, 2.05) is 4.90 Å². The Morgan fingerprint density at radius 3 is 2.30 bits per heavy atom. The van der Waals surface area contributed by atoms with Crippen LogP contribution in [0.25, 0.3) is 0 Å². The lowest BCUT2D eigenvalue weighted by atomic mass is 9.78. The van der Waals surface area contributed by atoms with Gasteiger partial charge in [-0.05, 0) is 51.6 Å². The molecular weight excluding hydrogens is 271 g/mol. The number of alkyl halides is 3. The van der Waals surface area contributed by atoms with Crippen LogP contribution in [0.1, 0.15) is 38.5 Å². The van der Waals surface area contributed by atoms with Crippen LogP contribution in [0, 0.1) is 5.92 Å². The Kier molecular flexibility index (Phi) is 4.30. The minimum Gasteiger partial charge on any atom is -0.368 e. The maximum Gasteiger partial charge on any atom is 0.391 e. The Morgan fingerprint density at radius 1 is 1.20 bits per heavy atom. The number of amides is 1. The number of rotatable bonds is 2. The van der Waals surface area contributed by atoms with Gasteiger partial charge < -0.3 is 16.4 Å². The minimum atomic E-state index is -4.09. The SMILES string of the molecule is NC(=O)C1(N)CCCC(N2CCC(C(F)(F)F)CC2)C1. The van der Waals surface area contributed by atoms with E-state index in [1.165, 1.54) is 0 Å². The molecule has 7 heteroatoms. The molecule has 2 rings (SSSR count). The summed E-state index contributed by atoms with van der Waals surface area (Å²) in [7, 11) is 0. The maximum absolute atomic E-state index is 12.6. The fourth-order valence-electron chi connectivity index (χ4n) is 3.41. The van der Waals surface area contributed by atoms with Gasteiger partial charge in [0.2, 0.25) is 5.91 Å². The molecule has 20 heavy (non-hydrogen) atoms. The van der Waals surface area contributed by atoms with Gasteiger partial charge in [-0.1, -0.05) is 0 Å². The number of nitrogens with two attached hydrogens (primary N) is 2. The van der Waals surface area contributed by atoms with Crippen molar-refractivity contribution in [1.82, 2.24) is 4.90 Å². The quantitative estimate of drug-likeness (QED) is 0.808. The van der Waals surface area contributed by atoms with E-state index in [1.54, 1.807) is 0 Å². The second kappa shape index (κ2) is 5.52. The predicted octanol–water partition coefficient (Wildman–Crippen LogP) is 1.39. The van der Waals surface area contributed by atoms with Crippen LogP contribution in [-0.2, 0) is 4.79 Å². The first-order chi connectivity index (χ1) is 9.22. The number of carbonyl (C=O) groups excluding carboxylic acids is 1. The number of likely N-dealkylation sites (tertiary alicyclic amines) is 1. The lowest BCUT2D eigenvalue weighted by Crippen LogP contribution is -2.59. The molecule has 0 aromatic carbocycles. The van der Waals surface area contributed by atoms with Gasteiger partial charge in [0.25, 0.3) is 0 Å². The number of primary amides is 1. The van der Waals surface area contributed by atoms with Crippen LogP contribution in [-0.4, -0.2) is 41.7 Å². The third-order valence-electron chi connectivity index (χ3n) is 4.76. The van der Waals surface area contributed by atoms with Crippen LogP contribution in [0.4, 0.5) is 13.2 Å². The van der Waals surface area contributed by atoms with Crippen LogP contribution in [0.5, 0.6) is 0 Å². The number of halogens is 3. The van der Waals surface area contributed by atoms with E-state index in [0.29, 0.717) is 25.9 Å². The van der Waals surface area contributed by atoms with Gasteiger partial charge in [0.1, 0.15) is 0 Å². The molecule has 2 atom stereocenters. The van der Waals surface area contributed by atoms with Gasteiger partial charge in [0.15, 0.2) is 0 Å². The zero-order valence-corrected chi connectivity index (χ0v) is 11.5. The average Bonchev–Trinajstić information content (AvgIpc) is 2.38. The van der Waals surface area contributed by atoms with E-state index in [0.717, 1.165) is 12.8 Å². The molecule has 0 aromatic heterocycles. The summed E-state index contributed by atoms with van der Waals surface area (Å²) in [6.07, 6.45) is -1.13. The summed E-state index contributed by atoms with van der Waals surface area (Å²) in [6, 6.07) is 0.0791. The third kappa shape index (κ3) is 3.25. The summed E-state index contributed by atoms with van der Waals surface area (Å²) < 4.78 is 37.9. The number of hydrogen-bond donors (Lipinski definition) is 2. The highest BCUT2D eigenvalue weighted by Crippen LogP contribution is 2.37. The molecule has 0 spiro atoms. The van der Waals surface area contributed by atoms with Crippen molar-refractivity contribution < 1.29 is 18.0 Å². The number of nitrogens with zero attached hydrogens (tertiary/aromatic N) is 1. The predicted molar refractivity (Wildman–Crippen MR) is 68.7 cm³/mol. The van der Waals surface area contributed by atoms with Crippen LogP contribution < -0.4 is 11.5 Å². The normalized spacial score (nSPS) is 34.1. The van der Waals surface area contributed by atoms with Crippen LogP contribution in [0.3, 0.4) is 0 Å². The average molecular weight is 293 g/mol. The fourth-order valence-corrected chi connectivity index (χ4v) is 3.41. The highest BCUT2D eigenvalue weighted by molar-refractivity contribution is 5.84. The van der Waals surface area contributed by atoms with Crippen molar-refractivity contribution in [3.8, 4) is 0 Å². The van der Waals surface area contributed by atoms with Crippen molar-refractivity contribution in [2.75, 3.05) is 13.1 Å². The lowest BCUT2D eigenvalue weighted by molar-refractivity contribution is -0.186. The maximum atomic E-state index is 12.6. The van der Waals surface area contributed by atoms with Gasteiger partial charge in [-0.15, -0.1) is 0 Å². The summed E-state index contributed by atoms with van der Waals surface area (Å²) in [5.74, 6) is -1.70. The van der Waals surface area contributed by atoms with E-state index < -0.39 is 23.5 Å². The zero-order chi connectivity index (χ0) is 15.0. The molecule has 1 aliphatic carbocycles. The molecule has 1 saturated carbocycles. The molecule has 1 aliphatic heterocycles. The van der Waals surface area contributed by atoms with Gasteiger partial charge in [-0.2, -0.15) is 13.2 Å². The third-order valence-corrected chi connectivity index (χ3v) is 4.76. The standard InChI is InChI=1S/C13H22F3N3O/c14-13(15,16)9-3-6-19(7-4-9)10-2-1-5-12(18,8-10)11(17)20/h9-10H,1-8,18H2,(H2,17,20). The molecule has 1 heterocycles. The summed E-state index contributed by atoms with van der Waals surface area (Å²) in [6.45, 7) is 0.841. The smallest absolute Gasteiger partial charge is 0.368 e. The largest absolute Gasteiger partial charge is 0.391 e. The van der Waals surface area contributed by atoms with E-state index in [9.17, 15) is 18.0 Å². The summed E-state index contributed by atoms with van der Waals surface area (Å²) in [5, 5.41) is 0. The first-order valence-electron chi connectivity index (χ1n) is 7.12. The summed E-state index contributed by atoms with van der Waals surface area (Å²) in [4.78, 5) is 13.5. The van der Waals surface area contributed by atoms with Crippen molar-refractivity contribution in [1.29, 1.82) is 0 Å². The summed E-state index contributed by atoms with van der Waals surface area (Å²) in [5.41, 5.74) is 10.4. The first kappa shape index (κ1) is 15.6. The highest BCUT2D eigenvalue weighted by Gasteiger charge is 2.44. The van der Waals surface area contributed by atoms with Crippen molar-refractivity contribution in [2.45, 2.75) is 56.3 Å². The van der Waals surface area contributed by atoms with Gasteiger partial charge in [-0.3, -0.25) is 4.79 Å². The van der Waals surface area contributed by atoms with Gasteiger partial charge in [0.05, 0.1) is 11.5 Å². The molecule has 1 amide bonds. The first-order valence-corrected chi connectivity index (χ1v) is 7.12. The second-order valence-corrected chi connectivity index (χ2v) is 6.12. The molecule has 116 valence electrons. The van der Waals surface area contributed by atoms with Crippen LogP contribution in [0.2, 0.25) is 0 Å². The summed E-state index contributed by atoms with van der Waals surface area (Å²) >= 11 is 0. The monoisotopic (exact) mass is 293 g/mol. The Morgan fingerprint density at radius 2 is 1.80 bits per heavy atom. The molecule has 4 N–H and O–H groups in total. The lowest BCUT2D eigenvalue weighted by Gasteiger charge is -2.44. The molecule has 0 aromatic rings. The molecule has 0 bridgehead atoms. The number of piperidine rings is 1. The van der Waals surface area contributed by atoms with E-state index in [-0.39, 0.29) is 18.9 Å². The molecule has 2 aliphatic rings. The minimum absolute atomic E-state index is 0.0791. The topological polar surface area (TPSA) is 72.3 Å². The fraction of sp³-hybridized carbons (Fsp3) is 0.923. The second-order valence-electron chi connectivity index (χ2n) is 6.12. The Hall–Kier alpha value is -0.820. The van der Waals surface area contributed by atoms with E-state index >= 15 is 0 Å². The van der Waals surface area contributed by atoms with Crippen LogP contribution >= 0.6 is 0 Å². The number of carbonyl (C=O) groups is 1. The van der Waals surface area contributed by atoms with Crippen molar-refractivity contribution in [2.24, 2.45) is 17.4 Å². The van der Waals surface area contributed by atoms with Gasteiger partial charge >= 0.3 is 6.18 Å². The van der Waals surface area contributed by atoms with Crippen molar-refractivity contribution >= 4 is 5.91 Å². The van der Waals surface area contributed by atoms with Crippen molar-refractivity contribution in [3.63, 3.8) is 0 Å². The van der Waals surface area contributed by atoms with E-state index in [2.05, 4.69) is 0 Å². The molecular formula is C13H22F3N3O. The Bertz CT molecular complexity index is 366. The highest BCUT2D eigenvalue weighted by atomic mass is 19.4. The molecule has 1 saturated heterocycles. The number of hydrogen-bond acceptors (Lipinski definition) is 3. The van der Waals surface area contributed by atoms with Crippen molar-refractivity contribution in [3.05, 3.63) is 0 Å². The Labute approximate surface area is 116 Å². The van der Waals surface area contributed by atoms with Crippen LogP contribution in [0.15, 0.2) is 0 Å². The van der Waals surface area contributed by atoms with Gasteiger partial charge in [0, 0.05) is 6.04 Å². The zero-order valence-electron chi connectivity index (χ0n) is 11.5. The molecule has 2 unspecified atom stereocenters.